The van der Waals surface area contributed by atoms with Crippen molar-refractivity contribution in [1.29, 1.82) is 0 Å². The van der Waals surface area contributed by atoms with Crippen LogP contribution in [0.1, 0.15) is 72.9 Å². The van der Waals surface area contributed by atoms with E-state index in [1.54, 1.807) is 0 Å². The minimum atomic E-state index is -2.42. The minimum absolute atomic E-state index is 0.00245. The Morgan fingerprint density at radius 2 is 1.25 bits per heavy atom. The lowest BCUT2D eigenvalue weighted by atomic mass is 9.90. The SMILES string of the molecule is C=CC(=O)[C@H]1OC(C)(C)O[C@@H]1C[C@H]1O[C@H](CO[Si](C)(C)C(C)(C)C)[C@@H](OCc2ccccc2)[C@H](OCc2ccccc2)[C@H]1O[Si](C)(C)C(C)(C)C. The molecule has 2 aliphatic heterocycles. The first kappa shape index (κ1) is 41.8. The summed E-state index contributed by atoms with van der Waals surface area (Å²) in [5.41, 5.74) is 2.10. The van der Waals surface area contributed by atoms with Gasteiger partial charge in [-0.2, -0.15) is 0 Å². The van der Waals surface area contributed by atoms with Gasteiger partial charge < -0.3 is 32.5 Å². The third-order valence-electron chi connectivity index (χ3n) is 11.1. The predicted octanol–water partition coefficient (Wildman–Crippen LogP) is 9.00. The number of rotatable bonds is 15. The molecule has 2 saturated heterocycles. The standard InChI is InChI=1S/C41H64O8Si2/c1-14-31(42)35-33(47-41(8,9)48-35)25-32-37(49-51(12,13)40(5,6)7)38(44-27-30-23-19-16-20-24-30)36(43-26-29-21-17-15-18-22-29)34(46-32)28-45-50(10,11)39(2,3)4/h14-24,32-38H,1,25-28H2,2-13H3/t32-,33-,34-,35-,36-,37+,38+/m1/s1. The third-order valence-corrected chi connectivity index (χ3v) is 20.1. The van der Waals surface area contributed by atoms with Crippen molar-refractivity contribution in [1.82, 2.24) is 0 Å². The maximum Gasteiger partial charge on any atom is 0.192 e. The van der Waals surface area contributed by atoms with Crippen LogP contribution >= 0.6 is 0 Å². The highest BCUT2D eigenvalue weighted by molar-refractivity contribution is 6.74. The van der Waals surface area contributed by atoms with Crippen molar-refractivity contribution in [2.24, 2.45) is 0 Å². The van der Waals surface area contributed by atoms with E-state index in [9.17, 15) is 4.79 Å². The number of benzene rings is 2. The molecule has 2 heterocycles. The molecule has 2 aromatic carbocycles. The van der Waals surface area contributed by atoms with Crippen molar-refractivity contribution < 1.29 is 37.3 Å². The van der Waals surface area contributed by atoms with Gasteiger partial charge >= 0.3 is 0 Å². The fraction of sp³-hybridized carbons (Fsp3) is 0.634. The zero-order valence-corrected chi connectivity index (χ0v) is 35.2. The molecule has 0 aromatic heterocycles. The molecule has 0 aliphatic carbocycles. The Morgan fingerprint density at radius 3 is 1.75 bits per heavy atom. The van der Waals surface area contributed by atoms with Gasteiger partial charge in [0, 0.05) is 6.42 Å². The smallest absolute Gasteiger partial charge is 0.192 e. The van der Waals surface area contributed by atoms with Gasteiger partial charge in [-0.3, -0.25) is 4.79 Å². The Bertz CT molecular complexity index is 1420. The van der Waals surface area contributed by atoms with Gasteiger partial charge in [0.05, 0.1) is 32.0 Å². The van der Waals surface area contributed by atoms with Crippen molar-refractivity contribution >= 4 is 22.4 Å². The summed E-state index contributed by atoms with van der Waals surface area (Å²) in [4.78, 5) is 13.1. The van der Waals surface area contributed by atoms with E-state index in [2.05, 4.69) is 98.6 Å². The summed E-state index contributed by atoms with van der Waals surface area (Å²) >= 11 is 0. The van der Waals surface area contributed by atoms with Gasteiger partial charge in [0.15, 0.2) is 28.2 Å². The van der Waals surface area contributed by atoms with E-state index in [1.807, 2.05) is 50.2 Å². The highest BCUT2D eigenvalue weighted by atomic mass is 28.4. The predicted molar refractivity (Wildman–Crippen MR) is 208 cm³/mol. The van der Waals surface area contributed by atoms with Crippen LogP contribution in [0.15, 0.2) is 73.3 Å². The summed E-state index contributed by atoms with van der Waals surface area (Å²) in [6.07, 6.45) is -2.34. The van der Waals surface area contributed by atoms with E-state index in [4.69, 9.17) is 32.5 Å². The lowest BCUT2D eigenvalue weighted by Gasteiger charge is -2.51. The second kappa shape index (κ2) is 16.6. The Balaban J connectivity index is 1.81. The lowest BCUT2D eigenvalue weighted by Crippen LogP contribution is -2.65. The third kappa shape index (κ3) is 10.8. The van der Waals surface area contributed by atoms with Crippen molar-refractivity contribution in [3.63, 3.8) is 0 Å². The number of carbonyl (C=O) groups excluding carboxylic acids is 1. The van der Waals surface area contributed by atoms with Gasteiger partial charge in [-0.05, 0) is 67.3 Å². The largest absolute Gasteiger partial charge is 0.414 e. The summed E-state index contributed by atoms with van der Waals surface area (Å²) in [5, 5.41) is -0.0992. The van der Waals surface area contributed by atoms with Crippen LogP contribution in [0, 0.1) is 0 Å². The number of hydrogen-bond acceptors (Lipinski definition) is 8. The number of carbonyl (C=O) groups is 1. The molecule has 10 heteroatoms. The molecule has 0 N–H and O–H groups in total. The number of ether oxygens (including phenoxy) is 5. The first-order chi connectivity index (χ1) is 23.6. The van der Waals surface area contributed by atoms with Crippen LogP contribution in [-0.4, -0.2) is 77.5 Å². The van der Waals surface area contributed by atoms with Gasteiger partial charge in [0.1, 0.15) is 30.5 Å². The van der Waals surface area contributed by atoms with Crippen molar-refractivity contribution in [3.05, 3.63) is 84.4 Å². The molecule has 0 amide bonds. The summed E-state index contributed by atoms with van der Waals surface area (Å²) in [6.45, 7) is 30.8. The molecule has 0 spiro atoms. The maximum atomic E-state index is 13.1. The summed E-state index contributed by atoms with van der Waals surface area (Å²) < 4.78 is 47.8. The van der Waals surface area contributed by atoms with Crippen LogP contribution in [0.25, 0.3) is 0 Å². The first-order valence-electron chi connectivity index (χ1n) is 18.4. The Morgan fingerprint density at radius 1 is 0.745 bits per heavy atom. The van der Waals surface area contributed by atoms with Gasteiger partial charge in [-0.1, -0.05) is 109 Å². The molecule has 7 atom stereocenters. The van der Waals surface area contributed by atoms with Crippen LogP contribution in [0.3, 0.4) is 0 Å². The van der Waals surface area contributed by atoms with Crippen LogP contribution in [-0.2, 0) is 50.5 Å². The summed E-state index contributed by atoms with van der Waals surface area (Å²) in [5.74, 6) is -1.17. The number of ketones is 1. The molecule has 8 nitrogen and oxygen atoms in total. The van der Waals surface area contributed by atoms with E-state index in [1.165, 1.54) is 6.08 Å². The minimum Gasteiger partial charge on any atom is -0.414 e. The monoisotopic (exact) mass is 740 g/mol. The quantitative estimate of drug-likeness (QED) is 0.132. The average Bonchev–Trinajstić information content (AvgIpc) is 3.36. The van der Waals surface area contributed by atoms with Gasteiger partial charge in [-0.15, -0.1) is 0 Å². The topological polar surface area (TPSA) is 81.7 Å². The van der Waals surface area contributed by atoms with E-state index in [-0.39, 0.29) is 15.9 Å². The van der Waals surface area contributed by atoms with Crippen LogP contribution < -0.4 is 0 Å². The average molecular weight is 741 g/mol. The van der Waals surface area contributed by atoms with Crippen LogP contribution in [0.2, 0.25) is 36.3 Å². The van der Waals surface area contributed by atoms with E-state index in [0.717, 1.165) is 11.1 Å². The first-order valence-corrected chi connectivity index (χ1v) is 24.3. The lowest BCUT2D eigenvalue weighted by molar-refractivity contribution is -0.259. The highest BCUT2D eigenvalue weighted by Crippen LogP contribution is 2.43. The molecule has 2 aromatic rings. The van der Waals surface area contributed by atoms with Gasteiger partial charge in [-0.25, -0.2) is 0 Å². The van der Waals surface area contributed by atoms with E-state index in [0.29, 0.717) is 26.2 Å². The molecule has 2 aliphatic rings. The molecule has 51 heavy (non-hydrogen) atoms. The van der Waals surface area contributed by atoms with Crippen LogP contribution in [0.4, 0.5) is 0 Å². The Hall–Kier alpha value is -2.00. The molecule has 0 unspecified atom stereocenters. The molecular weight excluding hydrogens is 677 g/mol. The fourth-order valence-corrected chi connectivity index (χ4v) is 8.33. The van der Waals surface area contributed by atoms with Gasteiger partial charge in [0.25, 0.3) is 0 Å². The number of hydrogen-bond donors (Lipinski definition) is 0. The molecule has 4 rings (SSSR count). The Kier molecular flexibility index (Phi) is 13.6. The van der Waals surface area contributed by atoms with Crippen LogP contribution in [0.5, 0.6) is 0 Å². The molecule has 284 valence electrons. The molecule has 2 fully saturated rings. The second-order valence-electron chi connectivity index (χ2n) is 17.6. The molecule has 0 bridgehead atoms. The Labute approximate surface area is 309 Å². The van der Waals surface area contributed by atoms with Crippen molar-refractivity contribution in [3.8, 4) is 0 Å². The maximum absolute atomic E-state index is 13.1. The zero-order valence-electron chi connectivity index (χ0n) is 33.2. The molecular formula is C41H64O8Si2. The summed E-state index contributed by atoms with van der Waals surface area (Å²) in [7, 11) is -4.61. The molecule has 0 saturated carbocycles. The van der Waals surface area contributed by atoms with Gasteiger partial charge in [0.2, 0.25) is 0 Å². The van der Waals surface area contributed by atoms with Crippen molar-refractivity contribution in [2.45, 2.75) is 160 Å². The van der Waals surface area contributed by atoms with E-state index >= 15 is 0 Å². The summed E-state index contributed by atoms with van der Waals surface area (Å²) in [6, 6.07) is 20.3. The second-order valence-corrected chi connectivity index (χ2v) is 27.2. The molecule has 0 radical (unpaired) electrons. The van der Waals surface area contributed by atoms with E-state index < -0.39 is 65.1 Å². The fourth-order valence-electron chi connectivity index (χ4n) is 6.00. The van der Waals surface area contributed by atoms with Crippen molar-refractivity contribution in [2.75, 3.05) is 6.61 Å². The highest BCUT2D eigenvalue weighted by Gasteiger charge is 2.55. The normalized spacial score (nSPS) is 27.3. The zero-order chi connectivity index (χ0) is 37.8.